The van der Waals surface area contributed by atoms with E-state index >= 15 is 0 Å². The zero-order chi connectivity index (χ0) is 22.3. The number of hydrogen-bond acceptors (Lipinski definition) is 0. The second-order valence-corrected chi connectivity index (χ2v) is 15.3. The van der Waals surface area contributed by atoms with E-state index in [-0.39, 0.29) is 5.43 Å². The van der Waals surface area contributed by atoms with Crippen LogP contribution in [0.15, 0.2) is 121 Å². The van der Waals surface area contributed by atoms with Gasteiger partial charge in [-0.25, -0.2) is 0 Å². The van der Waals surface area contributed by atoms with Crippen molar-refractivity contribution in [2.24, 2.45) is 0 Å². The molecule has 2 heteroatoms. The Hall–Kier alpha value is -2.54. The molecule has 154 valence electrons. The Morgan fingerprint density at radius 3 is 1.62 bits per heavy atom. The topological polar surface area (TPSA) is 0 Å². The van der Waals surface area contributed by atoms with Gasteiger partial charge in [0.1, 0.15) is 0 Å². The number of aryl methyl sites for hydroxylation is 1. The summed E-state index contributed by atoms with van der Waals surface area (Å²) in [6.07, 6.45) is 0. The molecule has 0 aliphatic heterocycles. The van der Waals surface area contributed by atoms with Gasteiger partial charge in [0.2, 0.25) is 0 Å². The van der Waals surface area contributed by atoms with Crippen LogP contribution in [0.5, 0.6) is 0 Å². The summed E-state index contributed by atoms with van der Waals surface area (Å²) >= 11 is 1.69. The van der Waals surface area contributed by atoms with Crippen molar-refractivity contribution in [2.45, 2.75) is 13.5 Å². The van der Waals surface area contributed by atoms with E-state index in [1.807, 2.05) is 0 Å². The van der Waals surface area contributed by atoms with Crippen molar-refractivity contribution in [1.82, 2.24) is 0 Å². The van der Waals surface area contributed by atoms with E-state index in [0.29, 0.717) is 0 Å². The molecule has 0 aliphatic rings. The van der Waals surface area contributed by atoms with E-state index in [0.717, 1.165) is 0 Å². The van der Waals surface area contributed by atoms with Gasteiger partial charge in [0.05, 0.1) is 0 Å². The quantitative estimate of drug-likeness (QED) is 0.159. The minimum Gasteiger partial charge on any atom is -0.165 e. The van der Waals surface area contributed by atoms with Crippen LogP contribution in [-0.4, -0.2) is 5.43 Å². The standard InChI is InChI=1S/C13H9.C10H9.C7H8Si.Zr/c1-3-7-12-10(5-1)9-11-6-2-4-8-13(11)12;1-8-6-9-4-2-3-5-10(9)7-8;1-8-7-5-3-2-4-6-7;/h1-9H;2-7H,1H3;2-6H,1H3;/q2*-1;;+2. The van der Waals surface area contributed by atoms with E-state index in [4.69, 9.17) is 0 Å². The van der Waals surface area contributed by atoms with Crippen molar-refractivity contribution in [3.05, 3.63) is 127 Å². The van der Waals surface area contributed by atoms with Crippen LogP contribution < -0.4 is 5.19 Å². The average molecular weight is 506 g/mol. The first-order chi connectivity index (χ1) is 15.6. The molecule has 0 amide bonds. The fourth-order valence-corrected chi connectivity index (χ4v) is 5.82. The summed E-state index contributed by atoms with van der Waals surface area (Å²) in [7, 11) is 0. The molecule has 0 radical (unpaired) electrons. The maximum absolute atomic E-state index is 2.35. The molecule has 0 N–H and O–H groups in total. The van der Waals surface area contributed by atoms with Gasteiger partial charge in [-0.05, 0) is 0 Å². The first-order valence-corrected chi connectivity index (χ1v) is 16.6. The first kappa shape index (κ1) is 22.6. The average Bonchev–Trinajstić information content (AvgIpc) is 3.40. The monoisotopic (exact) mass is 504 g/mol. The largest absolute Gasteiger partial charge is 0.165 e. The van der Waals surface area contributed by atoms with E-state index in [9.17, 15) is 0 Å². The van der Waals surface area contributed by atoms with Gasteiger partial charge >= 0.3 is 70.8 Å². The summed E-state index contributed by atoms with van der Waals surface area (Å²) in [5.74, 6) is 0. The molecular formula is C30H26SiZr. The predicted molar refractivity (Wildman–Crippen MR) is 139 cm³/mol. The minimum atomic E-state index is -0.122. The Morgan fingerprint density at radius 2 is 1.09 bits per heavy atom. The summed E-state index contributed by atoms with van der Waals surface area (Å²) in [6, 6.07) is 42.9. The zero-order valence-electron chi connectivity index (χ0n) is 18.5. The zero-order valence-corrected chi connectivity index (χ0v) is 22.0. The third kappa shape index (κ3) is 5.63. The second kappa shape index (κ2) is 10.9. The molecule has 0 heterocycles. The molecule has 0 fully saturated rings. The molecule has 0 saturated carbocycles. The van der Waals surface area contributed by atoms with E-state index < -0.39 is 0 Å². The van der Waals surface area contributed by atoms with Gasteiger partial charge in [-0.1, -0.05) is 49.4 Å². The van der Waals surface area contributed by atoms with Gasteiger partial charge in [0, 0.05) is 0 Å². The van der Waals surface area contributed by atoms with Crippen LogP contribution in [0.1, 0.15) is 5.56 Å². The number of hydrogen-bond donors (Lipinski definition) is 0. The molecule has 0 saturated heterocycles. The van der Waals surface area contributed by atoms with Crippen LogP contribution >= 0.6 is 0 Å². The fourth-order valence-electron chi connectivity index (χ4n) is 3.90. The molecule has 6 rings (SSSR count). The molecule has 0 spiro atoms. The number of fused-ring (bicyclic) bond motifs is 4. The number of benzene rings is 4. The van der Waals surface area contributed by atoms with Crippen molar-refractivity contribution >= 4 is 42.9 Å². The van der Waals surface area contributed by atoms with Crippen molar-refractivity contribution in [3.8, 4) is 0 Å². The van der Waals surface area contributed by atoms with Crippen LogP contribution in [0.3, 0.4) is 0 Å². The second-order valence-electron chi connectivity index (χ2n) is 7.97. The SMILES string of the molecule is C[Si](=[Zr+2])c1ccccc1.Cc1cc2ccccc2[cH-]1.c1ccc2c(c1)[cH-]c1ccccc12. The Bertz CT molecular complexity index is 1370. The van der Waals surface area contributed by atoms with Gasteiger partial charge in [-0.2, -0.15) is 6.07 Å². The predicted octanol–water partition coefficient (Wildman–Crippen LogP) is 7.64. The molecule has 0 unspecified atom stereocenters. The van der Waals surface area contributed by atoms with Crippen molar-refractivity contribution in [2.75, 3.05) is 0 Å². The summed E-state index contributed by atoms with van der Waals surface area (Å²) in [5.41, 5.74) is 1.23. The molecule has 0 aliphatic carbocycles. The Labute approximate surface area is 205 Å². The molecule has 32 heavy (non-hydrogen) atoms. The van der Waals surface area contributed by atoms with E-state index in [2.05, 4.69) is 135 Å². The third-order valence-corrected chi connectivity index (χ3v) is 8.82. The molecule has 6 aromatic carbocycles. The molecule has 0 atom stereocenters. The van der Waals surface area contributed by atoms with Gasteiger partial charge < -0.3 is 0 Å². The minimum absolute atomic E-state index is 0.122. The Kier molecular flexibility index (Phi) is 7.68. The Balaban J connectivity index is 0.000000118. The molecule has 0 aromatic heterocycles. The van der Waals surface area contributed by atoms with Crippen LogP contribution in [0.4, 0.5) is 0 Å². The maximum Gasteiger partial charge on any atom is -0.0579 e. The fraction of sp³-hybridized carbons (Fsp3) is 0.0667. The molecule has 0 nitrogen and oxygen atoms in total. The van der Waals surface area contributed by atoms with Gasteiger partial charge in [0.25, 0.3) is 0 Å². The van der Waals surface area contributed by atoms with Gasteiger partial charge in [-0.15, -0.1) is 80.3 Å². The van der Waals surface area contributed by atoms with Gasteiger partial charge in [-0.3, -0.25) is 0 Å². The molecule has 6 aromatic rings. The van der Waals surface area contributed by atoms with Gasteiger partial charge in [0.15, 0.2) is 0 Å². The summed E-state index contributed by atoms with van der Waals surface area (Å²) < 4.78 is 0. The summed E-state index contributed by atoms with van der Waals surface area (Å²) in [6.45, 7) is 4.47. The van der Waals surface area contributed by atoms with Crippen molar-refractivity contribution in [3.63, 3.8) is 0 Å². The van der Waals surface area contributed by atoms with Crippen LogP contribution in [0.25, 0.3) is 32.3 Å². The summed E-state index contributed by atoms with van der Waals surface area (Å²) in [4.78, 5) is 0. The number of rotatable bonds is 1. The van der Waals surface area contributed by atoms with Crippen molar-refractivity contribution < 1.29 is 23.3 Å². The van der Waals surface area contributed by atoms with Crippen molar-refractivity contribution in [1.29, 1.82) is 0 Å². The first-order valence-electron chi connectivity index (χ1n) is 10.9. The van der Waals surface area contributed by atoms with Crippen LogP contribution in [0, 0.1) is 6.92 Å². The Morgan fingerprint density at radius 1 is 0.594 bits per heavy atom. The maximum atomic E-state index is 2.35. The van der Waals surface area contributed by atoms with Crippen LogP contribution in [-0.2, 0) is 23.3 Å². The molecular weight excluding hydrogens is 480 g/mol. The third-order valence-electron chi connectivity index (χ3n) is 5.49. The smallest absolute Gasteiger partial charge is 0.0579 e. The summed E-state index contributed by atoms with van der Waals surface area (Å²) in [5, 5.41) is 9.64. The molecule has 0 bridgehead atoms. The van der Waals surface area contributed by atoms with E-state index in [1.54, 1.807) is 28.5 Å². The van der Waals surface area contributed by atoms with Crippen LogP contribution in [0.2, 0.25) is 6.55 Å². The normalized spacial score (nSPS) is 10.4. The van der Waals surface area contributed by atoms with E-state index in [1.165, 1.54) is 37.9 Å².